The first-order valence-electron chi connectivity index (χ1n) is 4.78. The molecule has 2 N–H and O–H groups in total. The molecule has 0 radical (unpaired) electrons. The Morgan fingerprint density at radius 1 is 1.46 bits per heavy atom. The molecular formula is C11H15NO. The molecule has 1 saturated carbocycles. The van der Waals surface area contributed by atoms with Crippen LogP contribution in [0.4, 0.5) is 5.69 Å². The average Bonchev–Trinajstić information content (AvgIpc) is 2.85. The van der Waals surface area contributed by atoms with Crippen LogP contribution in [0.1, 0.15) is 19.8 Å². The maximum absolute atomic E-state index is 5.74. The third kappa shape index (κ3) is 2.14. The van der Waals surface area contributed by atoms with Crippen molar-refractivity contribution >= 4 is 5.69 Å². The highest BCUT2D eigenvalue weighted by Crippen LogP contribution is 2.34. The lowest BCUT2D eigenvalue weighted by Gasteiger charge is -2.13. The van der Waals surface area contributed by atoms with E-state index in [9.17, 15) is 0 Å². The standard InChI is InChI=1S/C11H15NO/c1-8(9-5-6-9)13-11-4-2-3-10(12)7-11/h2-4,7-9H,5-6,12H2,1H3/t8-/m0/s1. The predicted molar refractivity (Wildman–Crippen MR) is 53.7 cm³/mol. The number of hydrogen-bond donors (Lipinski definition) is 1. The van der Waals surface area contributed by atoms with Crippen LogP contribution in [-0.2, 0) is 0 Å². The number of benzene rings is 1. The molecule has 2 rings (SSSR count). The van der Waals surface area contributed by atoms with Gasteiger partial charge in [0.2, 0.25) is 0 Å². The first-order chi connectivity index (χ1) is 6.25. The third-order valence-electron chi connectivity index (χ3n) is 2.47. The fraction of sp³-hybridized carbons (Fsp3) is 0.455. The van der Waals surface area contributed by atoms with Gasteiger partial charge in [-0.3, -0.25) is 0 Å². The summed E-state index contributed by atoms with van der Waals surface area (Å²) in [5.74, 6) is 1.65. The van der Waals surface area contributed by atoms with Gasteiger partial charge in [0.05, 0.1) is 6.10 Å². The van der Waals surface area contributed by atoms with E-state index in [1.165, 1.54) is 12.8 Å². The zero-order valence-electron chi connectivity index (χ0n) is 7.86. The van der Waals surface area contributed by atoms with E-state index in [0.29, 0.717) is 6.10 Å². The highest BCUT2D eigenvalue weighted by molar-refractivity contribution is 5.43. The summed E-state index contributed by atoms with van der Waals surface area (Å²) in [6.07, 6.45) is 2.95. The van der Waals surface area contributed by atoms with Crippen molar-refractivity contribution in [1.82, 2.24) is 0 Å². The summed E-state index contributed by atoms with van der Waals surface area (Å²) in [5.41, 5.74) is 6.41. The monoisotopic (exact) mass is 177 g/mol. The van der Waals surface area contributed by atoms with Crippen molar-refractivity contribution in [3.8, 4) is 5.75 Å². The van der Waals surface area contributed by atoms with Crippen molar-refractivity contribution in [3.63, 3.8) is 0 Å². The number of anilines is 1. The number of nitrogens with two attached hydrogens (primary N) is 1. The van der Waals surface area contributed by atoms with Gasteiger partial charge in [0.15, 0.2) is 0 Å². The predicted octanol–water partition coefficient (Wildman–Crippen LogP) is 2.45. The topological polar surface area (TPSA) is 35.2 Å². The van der Waals surface area contributed by atoms with Crippen molar-refractivity contribution in [2.24, 2.45) is 5.92 Å². The van der Waals surface area contributed by atoms with Gasteiger partial charge in [-0.15, -0.1) is 0 Å². The lowest BCUT2D eigenvalue weighted by molar-refractivity contribution is 0.198. The van der Waals surface area contributed by atoms with Crippen molar-refractivity contribution in [2.75, 3.05) is 5.73 Å². The summed E-state index contributed by atoms with van der Waals surface area (Å²) >= 11 is 0. The maximum Gasteiger partial charge on any atom is 0.121 e. The first kappa shape index (κ1) is 8.42. The minimum Gasteiger partial charge on any atom is -0.490 e. The van der Waals surface area contributed by atoms with Gasteiger partial charge in [0.1, 0.15) is 5.75 Å². The molecule has 2 heteroatoms. The second-order valence-electron chi connectivity index (χ2n) is 3.73. The first-order valence-corrected chi connectivity index (χ1v) is 4.78. The molecule has 0 spiro atoms. The molecule has 0 aromatic heterocycles. The van der Waals surface area contributed by atoms with Gasteiger partial charge in [0, 0.05) is 11.8 Å². The Bertz CT molecular complexity index is 294. The SMILES string of the molecule is C[C@H](Oc1cccc(N)c1)C1CC1. The van der Waals surface area contributed by atoms with Gasteiger partial charge in [0.25, 0.3) is 0 Å². The summed E-state index contributed by atoms with van der Waals surface area (Å²) in [6.45, 7) is 2.13. The maximum atomic E-state index is 5.74. The molecule has 0 heterocycles. The molecule has 0 unspecified atom stereocenters. The van der Waals surface area contributed by atoms with E-state index < -0.39 is 0 Å². The summed E-state index contributed by atoms with van der Waals surface area (Å²) in [4.78, 5) is 0. The van der Waals surface area contributed by atoms with Crippen LogP contribution in [0.25, 0.3) is 0 Å². The summed E-state index contributed by atoms with van der Waals surface area (Å²) in [5, 5.41) is 0. The van der Waals surface area contributed by atoms with Crippen molar-refractivity contribution < 1.29 is 4.74 Å². The Labute approximate surface area is 78.7 Å². The normalized spacial score (nSPS) is 18.2. The minimum absolute atomic E-state index is 0.335. The highest BCUT2D eigenvalue weighted by Gasteiger charge is 2.29. The molecule has 1 atom stereocenters. The molecule has 1 aliphatic rings. The molecule has 1 aromatic rings. The Balaban J connectivity index is 2.00. The molecule has 13 heavy (non-hydrogen) atoms. The van der Waals surface area contributed by atoms with Crippen LogP contribution < -0.4 is 10.5 Å². The highest BCUT2D eigenvalue weighted by atomic mass is 16.5. The molecule has 1 fully saturated rings. The summed E-state index contributed by atoms with van der Waals surface area (Å²) in [6, 6.07) is 7.62. The van der Waals surface area contributed by atoms with Crippen LogP contribution >= 0.6 is 0 Å². The number of ether oxygens (including phenoxy) is 1. The van der Waals surface area contributed by atoms with E-state index in [4.69, 9.17) is 10.5 Å². The zero-order chi connectivity index (χ0) is 9.26. The van der Waals surface area contributed by atoms with Gasteiger partial charge in [-0.05, 0) is 37.8 Å². The number of rotatable bonds is 3. The quantitative estimate of drug-likeness (QED) is 0.720. The molecule has 0 saturated heterocycles. The molecular weight excluding hydrogens is 162 g/mol. The minimum atomic E-state index is 0.335. The summed E-state index contributed by atoms with van der Waals surface area (Å²) < 4.78 is 5.74. The van der Waals surface area contributed by atoms with Crippen LogP contribution in [0.5, 0.6) is 5.75 Å². The Kier molecular flexibility index (Phi) is 2.13. The van der Waals surface area contributed by atoms with E-state index in [1.807, 2.05) is 24.3 Å². The average molecular weight is 177 g/mol. The van der Waals surface area contributed by atoms with E-state index in [1.54, 1.807) is 0 Å². The molecule has 0 bridgehead atoms. The lowest BCUT2D eigenvalue weighted by atomic mass is 10.2. The lowest BCUT2D eigenvalue weighted by Crippen LogP contribution is -2.13. The number of nitrogen functional groups attached to an aromatic ring is 1. The van der Waals surface area contributed by atoms with E-state index in [2.05, 4.69) is 6.92 Å². The second kappa shape index (κ2) is 3.29. The molecule has 70 valence electrons. The molecule has 2 nitrogen and oxygen atoms in total. The van der Waals surface area contributed by atoms with Crippen LogP contribution in [0.3, 0.4) is 0 Å². The smallest absolute Gasteiger partial charge is 0.121 e. The third-order valence-corrected chi connectivity index (χ3v) is 2.47. The van der Waals surface area contributed by atoms with Gasteiger partial charge < -0.3 is 10.5 Å². The van der Waals surface area contributed by atoms with E-state index in [-0.39, 0.29) is 0 Å². The van der Waals surface area contributed by atoms with Gasteiger partial charge >= 0.3 is 0 Å². The van der Waals surface area contributed by atoms with Crippen molar-refractivity contribution in [2.45, 2.75) is 25.9 Å². The fourth-order valence-corrected chi connectivity index (χ4v) is 1.46. The largest absolute Gasteiger partial charge is 0.490 e. The Hall–Kier alpha value is -1.18. The van der Waals surface area contributed by atoms with E-state index in [0.717, 1.165) is 17.4 Å². The van der Waals surface area contributed by atoms with Crippen molar-refractivity contribution in [1.29, 1.82) is 0 Å². The summed E-state index contributed by atoms with van der Waals surface area (Å²) in [7, 11) is 0. The molecule has 0 aliphatic heterocycles. The zero-order valence-corrected chi connectivity index (χ0v) is 7.86. The van der Waals surface area contributed by atoms with Gasteiger partial charge in [-0.25, -0.2) is 0 Å². The van der Waals surface area contributed by atoms with Gasteiger partial charge in [-0.1, -0.05) is 6.07 Å². The molecule has 1 aromatic carbocycles. The van der Waals surface area contributed by atoms with E-state index >= 15 is 0 Å². The second-order valence-corrected chi connectivity index (χ2v) is 3.73. The van der Waals surface area contributed by atoms with Crippen LogP contribution in [0.2, 0.25) is 0 Å². The van der Waals surface area contributed by atoms with Crippen LogP contribution in [0, 0.1) is 5.92 Å². The van der Waals surface area contributed by atoms with Gasteiger partial charge in [-0.2, -0.15) is 0 Å². The van der Waals surface area contributed by atoms with Crippen LogP contribution in [0.15, 0.2) is 24.3 Å². The van der Waals surface area contributed by atoms with Crippen LogP contribution in [-0.4, -0.2) is 6.10 Å². The fourth-order valence-electron chi connectivity index (χ4n) is 1.46. The Morgan fingerprint density at radius 2 is 2.23 bits per heavy atom. The molecule has 1 aliphatic carbocycles. The Morgan fingerprint density at radius 3 is 2.85 bits per heavy atom. The van der Waals surface area contributed by atoms with Crippen molar-refractivity contribution in [3.05, 3.63) is 24.3 Å². The molecule has 0 amide bonds. The number of hydrogen-bond acceptors (Lipinski definition) is 2.